The van der Waals surface area contributed by atoms with Crippen molar-refractivity contribution >= 4 is 34.8 Å². The Labute approximate surface area is 203 Å². The maximum absolute atomic E-state index is 13.7. The topological polar surface area (TPSA) is 111 Å². The molecule has 0 bridgehead atoms. The Kier molecular flexibility index (Phi) is 6.02. The first-order chi connectivity index (χ1) is 16.9. The summed E-state index contributed by atoms with van der Waals surface area (Å²) < 4.78 is 7.00. The third kappa shape index (κ3) is 4.05. The van der Waals surface area contributed by atoms with Crippen LogP contribution in [0.3, 0.4) is 0 Å². The van der Waals surface area contributed by atoms with Crippen LogP contribution in [-0.4, -0.2) is 53.8 Å². The second-order valence-electron chi connectivity index (χ2n) is 9.19. The maximum Gasteiger partial charge on any atom is 0.277 e. The molecule has 1 fully saturated rings. The number of nitrogens with zero attached hydrogens (tertiary/aromatic N) is 4. The highest BCUT2D eigenvalue weighted by atomic mass is 16.5. The van der Waals surface area contributed by atoms with Gasteiger partial charge in [0, 0.05) is 49.5 Å². The average molecular weight is 476 g/mol. The smallest absolute Gasteiger partial charge is 0.277 e. The molecule has 9 nitrogen and oxygen atoms in total. The van der Waals surface area contributed by atoms with E-state index in [4.69, 9.17) is 10.5 Å². The number of aromatic nitrogens is 2. The lowest BCUT2D eigenvalue weighted by molar-refractivity contribution is -0.119. The van der Waals surface area contributed by atoms with Gasteiger partial charge in [0.25, 0.3) is 11.8 Å². The number of hydrogen-bond donors (Lipinski definition) is 1. The molecule has 1 aromatic carbocycles. The molecule has 2 aromatic rings. The summed E-state index contributed by atoms with van der Waals surface area (Å²) in [6.45, 7) is 3.13. The monoisotopic (exact) mass is 475 g/mol. The van der Waals surface area contributed by atoms with E-state index in [9.17, 15) is 14.4 Å². The van der Waals surface area contributed by atoms with Crippen LogP contribution in [0.2, 0.25) is 0 Å². The van der Waals surface area contributed by atoms with Crippen molar-refractivity contribution in [3.8, 4) is 0 Å². The van der Waals surface area contributed by atoms with Crippen molar-refractivity contribution < 1.29 is 19.1 Å². The van der Waals surface area contributed by atoms with Gasteiger partial charge in [-0.05, 0) is 49.6 Å². The van der Waals surface area contributed by atoms with E-state index in [1.165, 1.54) is 4.68 Å². The number of hydrogen-bond acceptors (Lipinski definition) is 5. The van der Waals surface area contributed by atoms with E-state index in [0.29, 0.717) is 42.9 Å². The fraction of sp³-hybridized carbons (Fsp3) is 0.385. The number of anilines is 2. The third-order valence-electron chi connectivity index (χ3n) is 6.97. The van der Waals surface area contributed by atoms with Gasteiger partial charge in [-0.25, -0.2) is 4.68 Å². The van der Waals surface area contributed by atoms with Crippen LogP contribution < -0.4 is 15.5 Å². The Morgan fingerprint density at radius 3 is 2.40 bits per heavy atom. The summed E-state index contributed by atoms with van der Waals surface area (Å²) in [4.78, 5) is 41.6. The van der Waals surface area contributed by atoms with Gasteiger partial charge in [-0.2, -0.15) is 5.10 Å². The zero-order valence-corrected chi connectivity index (χ0v) is 19.9. The van der Waals surface area contributed by atoms with Crippen LogP contribution >= 0.6 is 0 Å². The highest BCUT2D eigenvalue weighted by Crippen LogP contribution is 2.32. The minimum atomic E-state index is -0.653. The van der Waals surface area contributed by atoms with Crippen LogP contribution in [0.5, 0.6) is 0 Å². The van der Waals surface area contributed by atoms with Crippen LogP contribution in [0, 0.1) is 5.92 Å². The van der Waals surface area contributed by atoms with Crippen molar-refractivity contribution in [2.45, 2.75) is 38.7 Å². The van der Waals surface area contributed by atoms with Crippen LogP contribution in [0.15, 0.2) is 42.5 Å². The molecular formula is C26H29N5O4. The fourth-order valence-electron chi connectivity index (χ4n) is 5.11. The fourth-order valence-corrected chi connectivity index (χ4v) is 5.11. The molecule has 5 rings (SSSR count). The Hall–Kier alpha value is -3.72. The van der Waals surface area contributed by atoms with Crippen molar-refractivity contribution in [1.29, 1.82) is 0 Å². The van der Waals surface area contributed by atoms with Crippen LogP contribution in [-0.2, 0) is 16.0 Å². The molecule has 2 atom stereocenters. The van der Waals surface area contributed by atoms with Gasteiger partial charge < -0.3 is 20.3 Å². The molecule has 3 amide bonds. The van der Waals surface area contributed by atoms with Crippen LogP contribution in [0.25, 0.3) is 5.70 Å². The number of carbonyl (C=O) groups is 3. The minimum absolute atomic E-state index is 0.0664. The zero-order chi connectivity index (χ0) is 24.7. The van der Waals surface area contributed by atoms with E-state index in [2.05, 4.69) is 5.10 Å². The second kappa shape index (κ2) is 9.14. The van der Waals surface area contributed by atoms with E-state index in [1.54, 1.807) is 16.9 Å². The van der Waals surface area contributed by atoms with Crippen LogP contribution in [0.4, 0.5) is 11.4 Å². The number of primary amides is 1. The molecular weight excluding hydrogens is 446 g/mol. The molecule has 35 heavy (non-hydrogen) atoms. The zero-order valence-electron chi connectivity index (χ0n) is 19.9. The largest absolute Gasteiger partial charge is 0.377 e. The number of benzene rings is 1. The highest BCUT2D eigenvalue weighted by molar-refractivity contribution is 6.10. The predicted octanol–water partition coefficient (Wildman–Crippen LogP) is 2.76. The molecule has 2 aliphatic heterocycles. The summed E-state index contributed by atoms with van der Waals surface area (Å²) in [5, 5.41) is 4.45. The van der Waals surface area contributed by atoms with Gasteiger partial charge in [-0.15, -0.1) is 0 Å². The number of methoxy groups -OCH3 is 1. The van der Waals surface area contributed by atoms with E-state index >= 15 is 0 Å². The highest BCUT2D eigenvalue weighted by Gasteiger charge is 2.35. The molecule has 0 saturated carbocycles. The Bertz CT molecular complexity index is 1240. The molecule has 1 aliphatic carbocycles. The number of amides is 3. The van der Waals surface area contributed by atoms with Gasteiger partial charge in [0.1, 0.15) is 5.69 Å². The molecule has 9 heteroatoms. The SMILES string of the molecule is COC1C=CC(n2nc(C(N)=O)c3c2C(=O)N(c2ccc(N4CCCCC4=O)cc2)CC3)=CC1C. The Balaban J connectivity index is 1.48. The maximum atomic E-state index is 13.7. The van der Waals surface area contributed by atoms with Crippen molar-refractivity contribution in [3.05, 3.63) is 59.4 Å². The van der Waals surface area contributed by atoms with Gasteiger partial charge >= 0.3 is 0 Å². The number of ether oxygens (including phenoxy) is 1. The summed E-state index contributed by atoms with van der Waals surface area (Å²) in [6, 6.07) is 7.49. The second-order valence-corrected chi connectivity index (χ2v) is 9.19. The first kappa shape index (κ1) is 23.0. The normalized spacial score (nSPS) is 22.3. The first-order valence-corrected chi connectivity index (χ1v) is 12.0. The lowest BCUT2D eigenvalue weighted by Crippen LogP contribution is -2.39. The molecule has 1 saturated heterocycles. The molecule has 0 radical (unpaired) electrons. The van der Waals surface area contributed by atoms with Gasteiger partial charge in [-0.1, -0.05) is 19.1 Å². The first-order valence-electron chi connectivity index (χ1n) is 12.0. The quantitative estimate of drug-likeness (QED) is 0.715. The van der Waals surface area contributed by atoms with Gasteiger partial charge in [0.05, 0.1) is 11.8 Å². The standard InChI is InChI=1S/C26H29N5O4/c1-16-15-19(10-11-21(16)35-2)31-24-20(23(28-31)25(27)33)12-14-30(26(24)34)18-8-6-17(7-9-18)29-13-4-3-5-22(29)32/h6-11,15-16,21H,3-5,12-14H2,1-2H3,(H2,27,33). The van der Waals surface area contributed by atoms with E-state index in [0.717, 1.165) is 24.2 Å². The van der Waals surface area contributed by atoms with Crippen molar-refractivity contribution in [3.63, 3.8) is 0 Å². The summed E-state index contributed by atoms with van der Waals surface area (Å²) in [5.41, 5.74) is 8.92. The van der Waals surface area contributed by atoms with E-state index in [1.807, 2.05) is 49.4 Å². The lowest BCUT2D eigenvalue weighted by Gasteiger charge is -2.30. The number of carbonyl (C=O) groups excluding carboxylic acids is 3. The van der Waals surface area contributed by atoms with E-state index in [-0.39, 0.29) is 29.5 Å². The van der Waals surface area contributed by atoms with Crippen molar-refractivity contribution in [2.24, 2.45) is 11.7 Å². The van der Waals surface area contributed by atoms with E-state index < -0.39 is 5.91 Å². The van der Waals surface area contributed by atoms with Crippen molar-refractivity contribution in [2.75, 3.05) is 30.0 Å². The van der Waals surface area contributed by atoms with Gasteiger partial charge in [0.15, 0.2) is 5.69 Å². The van der Waals surface area contributed by atoms with Crippen molar-refractivity contribution in [1.82, 2.24) is 9.78 Å². The molecule has 1 aromatic heterocycles. The third-order valence-corrected chi connectivity index (χ3v) is 6.97. The number of fused-ring (bicyclic) bond motifs is 1. The summed E-state index contributed by atoms with van der Waals surface area (Å²) in [5.74, 6) is -0.704. The molecule has 182 valence electrons. The van der Waals surface area contributed by atoms with Gasteiger partial charge in [0.2, 0.25) is 5.91 Å². The Morgan fingerprint density at radius 2 is 1.77 bits per heavy atom. The number of piperidine rings is 1. The summed E-state index contributed by atoms with van der Waals surface area (Å²) >= 11 is 0. The molecule has 0 spiro atoms. The minimum Gasteiger partial charge on any atom is -0.377 e. The molecule has 3 heterocycles. The van der Waals surface area contributed by atoms with Crippen LogP contribution in [0.1, 0.15) is 52.7 Å². The summed E-state index contributed by atoms with van der Waals surface area (Å²) in [7, 11) is 1.65. The number of allylic oxidation sites excluding steroid dienone is 2. The molecule has 3 aliphatic rings. The Morgan fingerprint density at radius 1 is 1.06 bits per heavy atom. The lowest BCUT2D eigenvalue weighted by atomic mass is 9.97. The summed E-state index contributed by atoms with van der Waals surface area (Å²) in [6.07, 6.45) is 8.61. The number of nitrogens with two attached hydrogens (primary N) is 1. The predicted molar refractivity (Wildman–Crippen MR) is 132 cm³/mol. The van der Waals surface area contributed by atoms with Gasteiger partial charge in [-0.3, -0.25) is 14.4 Å². The number of rotatable bonds is 5. The molecule has 2 N–H and O–H groups in total. The average Bonchev–Trinajstić information content (AvgIpc) is 3.26. The molecule has 2 unspecified atom stereocenters.